The number of allylic oxidation sites excluding steroid dienone is 11. The predicted molar refractivity (Wildman–Crippen MR) is 195 cm³/mol. The van der Waals surface area contributed by atoms with Crippen molar-refractivity contribution >= 4 is 23.4 Å². The van der Waals surface area contributed by atoms with E-state index in [4.69, 9.17) is 9.73 Å². The van der Waals surface area contributed by atoms with E-state index in [1.165, 1.54) is 5.57 Å². The predicted octanol–water partition coefficient (Wildman–Crippen LogP) is 10.3. The molecule has 0 heterocycles. The molecule has 1 aromatic carbocycles. The summed E-state index contributed by atoms with van der Waals surface area (Å²) in [5.74, 6) is 2.23. The lowest BCUT2D eigenvalue weighted by Crippen LogP contribution is -2.19. The molecule has 0 saturated heterocycles. The van der Waals surface area contributed by atoms with Gasteiger partial charge >= 0.3 is 0 Å². The number of amides is 1. The summed E-state index contributed by atoms with van der Waals surface area (Å²) >= 11 is 1.56. The van der Waals surface area contributed by atoms with E-state index in [0.29, 0.717) is 18.9 Å². The van der Waals surface area contributed by atoms with Crippen molar-refractivity contribution in [3.63, 3.8) is 0 Å². The van der Waals surface area contributed by atoms with Crippen molar-refractivity contribution in [2.24, 2.45) is 10.9 Å². The number of ether oxygens (including phenoxy) is 1. The van der Waals surface area contributed by atoms with Crippen LogP contribution in [0, 0.1) is 5.92 Å². The highest BCUT2D eigenvalue weighted by molar-refractivity contribution is 7.99. The Morgan fingerprint density at radius 3 is 2.35 bits per heavy atom. The lowest BCUT2D eigenvalue weighted by molar-refractivity contribution is -0.117. The number of hydrogen-bond donors (Lipinski definition) is 1. The Labute approximate surface area is 267 Å². The van der Waals surface area contributed by atoms with Gasteiger partial charge in [0.15, 0.2) is 0 Å². The summed E-state index contributed by atoms with van der Waals surface area (Å²) in [6.07, 6.45) is 25.4. The molecule has 1 atom stereocenters. The number of nitrogens with zero attached hydrogens (tertiary/aromatic N) is 1. The topological polar surface area (TPSA) is 50.7 Å². The van der Waals surface area contributed by atoms with Gasteiger partial charge in [-0.15, -0.1) is 31.5 Å². The van der Waals surface area contributed by atoms with Crippen LogP contribution in [-0.2, 0) is 4.79 Å². The molecule has 0 spiro atoms. The fourth-order valence-corrected chi connectivity index (χ4v) is 3.87. The smallest absolute Gasteiger partial charge is 0.233 e. The molecule has 0 aliphatic heterocycles. The molecule has 1 unspecified atom stereocenters. The fourth-order valence-electron chi connectivity index (χ4n) is 3.25. The van der Waals surface area contributed by atoms with E-state index in [-0.39, 0.29) is 11.8 Å². The highest BCUT2D eigenvalue weighted by atomic mass is 32.2. The van der Waals surface area contributed by atoms with Crippen molar-refractivity contribution in [2.75, 3.05) is 24.7 Å². The number of rotatable bonds is 18. The van der Waals surface area contributed by atoms with E-state index in [0.717, 1.165) is 42.0 Å². The SMILES string of the molecule is C/C=C(\C)C(=NC\C=C/C(/C=C/NC(=O)CSCCOc1ccccc1)=C\CC)C(C)/C=C\C=C/CC.C=C.C=CCC. The Bertz CT molecular complexity index is 1060. The minimum Gasteiger partial charge on any atom is -0.493 e. The van der Waals surface area contributed by atoms with Gasteiger partial charge in [0.25, 0.3) is 0 Å². The maximum Gasteiger partial charge on any atom is 0.233 e. The lowest BCUT2D eigenvalue weighted by Gasteiger charge is -2.11. The molecular weight excluding hydrogens is 548 g/mol. The second-order valence-electron chi connectivity index (χ2n) is 9.03. The highest BCUT2D eigenvalue weighted by Crippen LogP contribution is 2.12. The normalized spacial score (nSPS) is 13.0. The average molecular weight is 605 g/mol. The van der Waals surface area contributed by atoms with Gasteiger partial charge in [0, 0.05) is 23.6 Å². The third-order valence-electron chi connectivity index (χ3n) is 5.55. The number of carbonyl (C=O) groups excluding carboxylic acids is 1. The number of hydrogen-bond acceptors (Lipinski definition) is 4. The molecule has 43 heavy (non-hydrogen) atoms. The van der Waals surface area contributed by atoms with Gasteiger partial charge in [-0.25, -0.2) is 0 Å². The maximum absolute atomic E-state index is 12.1. The summed E-state index contributed by atoms with van der Waals surface area (Å²) in [4.78, 5) is 17.0. The van der Waals surface area contributed by atoms with Crippen LogP contribution < -0.4 is 10.1 Å². The number of carbonyl (C=O) groups is 1. The zero-order valence-corrected chi connectivity index (χ0v) is 28.4. The van der Waals surface area contributed by atoms with Crippen molar-refractivity contribution in [3.05, 3.63) is 128 Å². The van der Waals surface area contributed by atoms with E-state index in [2.05, 4.69) is 108 Å². The van der Waals surface area contributed by atoms with Gasteiger partial charge in [-0.2, -0.15) is 0 Å². The van der Waals surface area contributed by atoms with E-state index in [1.807, 2.05) is 49.4 Å². The van der Waals surface area contributed by atoms with Gasteiger partial charge in [-0.3, -0.25) is 9.79 Å². The molecule has 1 rings (SSSR count). The standard InChI is InChI=1S/C32H44N2O2S.C4H8.C2H4/c1-6-9-10-12-17-28(5)32(27(4)8-3)34-22-15-18-29(16-7-2)21-23-33-31(35)26-37-25-24-36-30-19-13-11-14-20-30;1-3-4-2;1-2/h8-21,23,28H,6-7,22,24-26H2,1-5H3,(H,33,35);3H,1,4H2,2H3;1-2H2/b10-9-,17-12-,18-15-,23-21+,27-8+,29-16+,34-32?;;. The molecule has 1 aromatic rings. The number of benzene rings is 1. The van der Waals surface area contributed by atoms with E-state index in [1.54, 1.807) is 18.0 Å². The van der Waals surface area contributed by atoms with Gasteiger partial charge in [0.1, 0.15) is 5.75 Å². The van der Waals surface area contributed by atoms with Gasteiger partial charge in [-0.1, -0.05) is 101 Å². The minimum atomic E-state index is -0.0207. The second-order valence-corrected chi connectivity index (χ2v) is 10.1. The zero-order chi connectivity index (χ0) is 32.6. The Morgan fingerprint density at radius 2 is 1.74 bits per heavy atom. The first kappa shape index (κ1) is 41.6. The fraction of sp³-hybridized carbons (Fsp3) is 0.368. The Hall–Kier alpha value is -3.57. The summed E-state index contributed by atoms with van der Waals surface area (Å²) < 4.78 is 5.65. The molecular formula is C38H56N2O2S. The third kappa shape index (κ3) is 24.7. The molecule has 0 aliphatic carbocycles. The number of para-hydroxylation sites is 1. The summed E-state index contributed by atoms with van der Waals surface area (Å²) in [6.45, 7) is 23.3. The molecule has 0 aromatic heterocycles. The average Bonchev–Trinajstić information content (AvgIpc) is 3.04. The third-order valence-corrected chi connectivity index (χ3v) is 6.47. The van der Waals surface area contributed by atoms with Crippen LogP contribution >= 0.6 is 11.8 Å². The van der Waals surface area contributed by atoms with Gasteiger partial charge in [0.2, 0.25) is 5.91 Å². The second kappa shape index (κ2) is 31.4. The van der Waals surface area contributed by atoms with Crippen LogP contribution in [0.1, 0.15) is 60.8 Å². The van der Waals surface area contributed by atoms with Crippen molar-refractivity contribution in [1.29, 1.82) is 0 Å². The molecule has 0 bridgehead atoms. The maximum atomic E-state index is 12.1. The first-order valence-electron chi connectivity index (χ1n) is 15.1. The number of thioether (sulfide) groups is 1. The van der Waals surface area contributed by atoms with Crippen molar-refractivity contribution in [3.8, 4) is 5.75 Å². The molecule has 4 nitrogen and oxygen atoms in total. The molecule has 0 fully saturated rings. The van der Waals surface area contributed by atoms with Crippen molar-refractivity contribution in [1.82, 2.24) is 5.32 Å². The molecule has 236 valence electrons. The van der Waals surface area contributed by atoms with Gasteiger partial charge in [0.05, 0.1) is 18.9 Å². The number of nitrogens with one attached hydrogen (secondary N) is 1. The summed E-state index contributed by atoms with van der Waals surface area (Å²) in [6, 6.07) is 9.70. The van der Waals surface area contributed by atoms with Crippen LogP contribution in [0.3, 0.4) is 0 Å². The van der Waals surface area contributed by atoms with Crippen LogP contribution in [0.15, 0.2) is 133 Å². The molecule has 0 radical (unpaired) electrons. The minimum absolute atomic E-state index is 0.0207. The van der Waals surface area contributed by atoms with Crippen LogP contribution in [-0.4, -0.2) is 36.3 Å². The Morgan fingerprint density at radius 1 is 1.05 bits per heavy atom. The molecule has 0 aliphatic rings. The van der Waals surface area contributed by atoms with Crippen LogP contribution in [0.5, 0.6) is 5.75 Å². The zero-order valence-electron chi connectivity index (χ0n) is 27.6. The number of aliphatic imine (C=N–C) groups is 1. The first-order valence-corrected chi connectivity index (χ1v) is 16.3. The molecule has 1 N–H and O–H groups in total. The van der Waals surface area contributed by atoms with Crippen LogP contribution in [0.25, 0.3) is 0 Å². The largest absolute Gasteiger partial charge is 0.493 e. The Kier molecular flexibility index (Phi) is 30.3. The monoisotopic (exact) mass is 604 g/mol. The van der Waals surface area contributed by atoms with Crippen molar-refractivity contribution in [2.45, 2.75) is 60.8 Å². The molecule has 1 amide bonds. The Balaban J connectivity index is 0. The highest BCUT2D eigenvalue weighted by Gasteiger charge is 2.08. The quantitative estimate of drug-likeness (QED) is 0.0785. The summed E-state index contributed by atoms with van der Waals surface area (Å²) in [5.41, 5.74) is 3.34. The van der Waals surface area contributed by atoms with E-state index in [9.17, 15) is 4.79 Å². The lowest BCUT2D eigenvalue weighted by atomic mass is 9.98. The van der Waals surface area contributed by atoms with Gasteiger partial charge < -0.3 is 10.1 Å². The van der Waals surface area contributed by atoms with Crippen molar-refractivity contribution < 1.29 is 9.53 Å². The van der Waals surface area contributed by atoms with E-state index >= 15 is 0 Å². The summed E-state index contributed by atoms with van der Waals surface area (Å²) in [5, 5.41) is 2.85. The van der Waals surface area contributed by atoms with E-state index < -0.39 is 0 Å². The van der Waals surface area contributed by atoms with Crippen LogP contribution in [0.2, 0.25) is 0 Å². The summed E-state index contributed by atoms with van der Waals surface area (Å²) in [7, 11) is 0. The van der Waals surface area contributed by atoms with Gasteiger partial charge in [-0.05, 0) is 62.5 Å². The first-order chi connectivity index (χ1) is 20.9. The molecule has 5 heteroatoms. The molecule has 0 saturated carbocycles. The van der Waals surface area contributed by atoms with Crippen LogP contribution in [0.4, 0.5) is 0 Å².